The van der Waals surface area contributed by atoms with Crippen LogP contribution in [0, 0.1) is 0 Å². The van der Waals surface area contributed by atoms with E-state index < -0.39 is 0 Å². The molecule has 3 heterocycles. The van der Waals surface area contributed by atoms with Crippen molar-refractivity contribution in [2.24, 2.45) is 0 Å². The Labute approximate surface area is 133 Å². The van der Waals surface area contributed by atoms with E-state index in [-0.39, 0.29) is 11.4 Å². The molecule has 2 aromatic rings. The molecule has 114 valence electrons. The number of rotatable bonds is 2. The van der Waals surface area contributed by atoms with Gasteiger partial charge in [-0.1, -0.05) is 17.7 Å². The van der Waals surface area contributed by atoms with E-state index in [0.29, 0.717) is 17.2 Å². The second-order valence-electron chi connectivity index (χ2n) is 5.89. The Morgan fingerprint density at radius 3 is 2.95 bits per heavy atom. The fraction of sp³-hybridized carbons (Fsp3) is 0.375. The van der Waals surface area contributed by atoms with Crippen LogP contribution in [0.3, 0.4) is 0 Å². The first-order valence-corrected chi connectivity index (χ1v) is 7.76. The second kappa shape index (κ2) is 5.11. The number of likely N-dealkylation sites (tertiary alicyclic amines) is 1. The molecule has 1 spiro atoms. The van der Waals surface area contributed by atoms with Gasteiger partial charge in [0.1, 0.15) is 0 Å². The highest BCUT2D eigenvalue weighted by atomic mass is 35.5. The van der Waals surface area contributed by atoms with Crippen molar-refractivity contribution in [3.63, 3.8) is 0 Å². The predicted octanol–water partition coefficient (Wildman–Crippen LogP) is 2.53. The molecule has 1 aromatic carbocycles. The molecular formula is C16H16ClN3O2. The minimum Gasteiger partial charge on any atom is -0.379 e. The standard InChI is InChI=1S/C16H16ClN3O2/c17-13-2-1-3-14(8-13)20-10-12(9-18-20)15(21)19-6-4-16(19)5-7-22-11-16/h1-3,8-10H,4-7,11H2. The van der Waals surface area contributed by atoms with E-state index in [1.807, 2.05) is 29.2 Å². The lowest BCUT2D eigenvalue weighted by Gasteiger charge is -2.49. The van der Waals surface area contributed by atoms with E-state index in [1.165, 1.54) is 0 Å². The Kier molecular flexibility index (Phi) is 3.20. The molecule has 4 rings (SSSR count). The number of nitrogens with zero attached hydrogens (tertiary/aromatic N) is 3. The highest BCUT2D eigenvalue weighted by molar-refractivity contribution is 6.30. The Bertz CT molecular complexity index is 722. The lowest BCUT2D eigenvalue weighted by molar-refractivity contribution is -0.00794. The summed E-state index contributed by atoms with van der Waals surface area (Å²) in [6.45, 7) is 2.19. The van der Waals surface area contributed by atoms with Crippen LogP contribution in [0.15, 0.2) is 36.7 Å². The number of halogens is 1. The molecule has 2 fully saturated rings. The molecule has 5 nitrogen and oxygen atoms in total. The maximum Gasteiger partial charge on any atom is 0.257 e. The summed E-state index contributed by atoms with van der Waals surface area (Å²) < 4.78 is 7.15. The molecule has 2 aliphatic heterocycles. The van der Waals surface area contributed by atoms with Crippen LogP contribution in [-0.2, 0) is 4.74 Å². The number of carbonyl (C=O) groups excluding carboxylic acids is 1. The van der Waals surface area contributed by atoms with Crippen LogP contribution in [0.25, 0.3) is 5.69 Å². The zero-order valence-electron chi connectivity index (χ0n) is 12.0. The molecule has 0 aliphatic carbocycles. The van der Waals surface area contributed by atoms with E-state index in [9.17, 15) is 4.79 Å². The molecule has 1 atom stereocenters. The fourth-order valence-electron chi connectivity index (χ4n) is 3.21. The molecule has 1 aromatic heterocycles. The lowest BCUT2D eigenvalue weighted by Crippen LogP contribution is -2.62. The summed E-state index contributed by atoms with van der Waals surface area (Å²) in [6.07, 6.45) is 5.34. The molecular weight excluding hydrogens is 302 g/mol. The van der Waals surface area contributed by atoms with Crippen LogP contribution in [-0.4, -0.2) is 45.9 Å². The number of hydrogen-bond acceptors (Lipinski definition) is 3. The summed E-state index contributed by atoms with van der Waals surface area (Å²) >= 11 is 6.00. The number of carbonyl (C=O) groups is 1. The minimum absolute atomic E-state index is 0.0324. The van der Waals surface area contributed by atoms with E-state index in [4.69, 9.17) is 16.3 Å². The van der Waals surface area contributed by atoms with Gasteiger partial charge in [-0.2, -0.15) is 5.10 Å². The molecule has 1 unspecified atom stereocenters. The van der Waals surface area contributed by atoms with Gasteiger partial charge in [0.2, 0.25) is 0 Å². The van der Waals surface area contributed by atoms with Gasteiger partial charge >= 0.3 is 0 Å². The summed E-state index contributed by atoms with van der Waals surface area (Å²) in [4.78, 5) is 14.6. The van der Waals surface area contributed by atoms with Crippen molar-refractivity contribution in [2.45, 2.75) is 18.4 Å². The lowest BCUT2D eigenvalue weighted by atomic mass is 9.83. The van der Waals surface area contributed by atoms with Crippen LogP contribution >= 0.6 is 11.6 Å². The highest BCUT2D eigenvalue weighted by Gasteiger charge is 2.50. The van der Waals surface area contributed by atoms with E-state index in [2.05, 4.69) is 5.10 Å². The molecule has 6 heteroatoms. The third kappa shape index (κ3) is 2.12. The molecule has 0 N–H and O–H groups in total. The van der Waals surface area contributed by atoms with Crippen LogP contribution in [0.5, 0.6) is 0 Å². The van der Waals surface area contributed by atoms with Crippen molar-refractivity contribution in [1.29, 1.82) is 0 Å². The molecule has 0 saturated carbocycles. The van der Waals surface area contributed by atoms with Crippen LogP contribution in [0.2, 0.25) is 5.02 Å². The van der Waals surface area contributed by atoms with Gasteiger partial charge in [-0.25, -0.2) is 4.68 Å². The molecule has 2 saturated heterocycles. The topological polar surface area (TPSA) is 47.4 Å². The van der Waals surface area contributed by atoms with Crippen LogP contribution in [0.1, 0.15) is 23.2 Å². The monoisotopic (exact) mass is 317 g/mol. The third-order valence-electron chi connectivity index (χ3n) is 4.60. The van der Waals surface area contributed by atoms with Crippen molar-refractivity contribution < 1.29 is 9.53 Å². The van der Waals surface area contributed by atoms with E-state index in [1.54, 1.807) is 17.1 Å². The smallest absolute Gasteiger partial charge is 0.257 e. The molecule has 2 aliphatic rings. The molecule has 0 bridgehead atoms. The predicted molar refractivity (Wildman–Crippen MR) is 82.4 cm³/mol. The summed E-state index contributed by atoms with van der Waals surface area (Å²) in [5.74, 6) is 0.0324. The van der Waals surface area contributed by atoms with Crippen molar-refractivity contribution in [3.8, 4) is 5.69 Å². The number of aromatic nitrogens is 2. The molecule has 22 heavy (non-hydrogen) atoms. The summed E-state index contributed by atoms with van der Waals surface area (Å²) in [5.41, 5.74) is 1.37. The van der Waals surface area contributed by atoms with Gasteiger partial charge in [-0.3, -0.25) is 4.79 Å². The number of ether oxygens (including phenoxy) is 1. The van der Waals surface area contributed by atoms with Crippen LogP contribution < -0.4 is 0 Å². The number of hydrogen-bond donors (Lipinski definition) is 0. The average Bonchev–Trinajstić information content (AvgIpc) is 3.17. The SMILES string of the molecule is O=C(c1cnn(-c2cccc(Cl)c2)c1)N1CCC12CCOC2. The molecule has 1 amide bonds. The van der Waals surface area contributed by atoms with Crippen molar-refractivity contribution in [2.75, 3.05) is 19.8 Å². The first-order valence-electron chi connectivity index (χ1n) is 7.38. The largest absolute Gasteiger partial charge is 0.379 e. The zero-order chi connectivity index (χ0) is 15.2. The summed E-state index contributed by atoms with van der Waals surface area (Å²) in [6, 6.07) is 7.40. The van der Waals surface area contributed by atoms with Crippen molar-refractivity contribution >= 4 is 17.5 Å². The van der Waals surface area contributed by atoms with Crippen LogP contribution in [0.4, 0.5) is 0 Å². The van der Waals surface area contributed by atoms with Crippen molar-refractivity contribution in [1.82, 2.24) is 14.7 Å². The first-order chi connectivity index (χ1) is 10.7. The maximum atomic E-state index is 12.7. The maximum absolute atomic E-state index is 12.7. The average molecular weight is 318 g/mol. The normalized spacial score (nSPS) is 23.8. The quantitative estimate of drug-likeness (QED) is 0.855. The fourth-order valence-corrected chi connectivity index (χ4v) is 3.40. The van der Waals surface area contributed by atoms with Gasteiger partial charge in [0.15, 0.2) is 0 Å². The highest BCUT2D eigenvalue weighted by Crippen LogP contribution is 2.38. The van der Waals surface area contributed by atoms with Gasteiger partial charge in [0, 0.05) is 24.4 Å². The van der Waals surface area contributed by atoms with E-state index in [0.717, 1.165) is 31.7 Å². The Morgan fingerprint density at radius 1 is 1.36 bits per heavy atom. The summed E-state index contributed by atoms with van der Waals surface area (Å²) in [7, 11) is 0. The van der Waals surface area contributed by atoms with E-state index >= 15 is 0 Å². The van der Waals surface area contributed by atoms with Gasteiger partial charge in [-0.05, 0) is 31.0 Å². The Morgan fingerprint density at radius 2 is 2.27 bits per heavy atom. The third-order valence-corrected chi connectivity index (χ3v) is 4.84. The Hall–Kier alpha value is -1.85. The first kappa shape index (κ1) is 13.8. The zero-order valence-corrected chi connectivity index (χ0v) is 12.8. The van der Waals surface area contributed by atoms with Gasteiger partial charge in [-0.15, -0.1) is 0 Å². The number of amides is 1. The van der Waals surface area contributed by atoms with Gasteiger partial charge < -0.3 is 9.64 Å². The van der Waals surface area contributed by atoms with Gasteiger partial charge in [0.25, 0.3) is 5.91 Å². The molecule has 0 radical (unpaired) electrons. The number of benzene rings is 1. The second-order valence-corrected chi connectivity index (χ2v) is 6.32. The summed E-state index contributed by atoms with van der Waals surface area (Å²) in [5, 5.41) is 4.93. The minimum atomic E-state index is -0.0742. The van der Waals surface area contributed by atoms with Crippen molar-refractivity contribution in [3.05, 3.63) is 47.2 Å². The van der Waals surface area contributed by atoms with Gasteiger partial charge in [0.05, 0.1) is 29.6 Å². The Balaban J connectivity index is 1.58.